The molecule has 3 N–H and O–H groups in total. The Morgan fingerprint density at radius 1 is 0.976 bits per heavy atom. The number of aromatic hydroxyl groups is 1. The maximum Gasteiger partial charge on any atom is 0.320 e. The van der Waals surface area contributed by atoms with Crippen molar-refractivity contribution in [2.24, 2.45) is 5.41 Å². The Hall–Kier alpha value is -4.04. The topological polar surface area (TPSA) is 100 Å². The van der Waals surface area contributed by atoms with Crippen LogP contribution in [0.2, 0.25) is 0 Å². The second-order valence-electron chi connectivity index (χ2n) is 11.4. The van der Waals surface area contributed by atoms with E-state index in [2.05, 4.69) is 24.5 Å². The number of unbranched alkanes of at least 4 members (excludes halogenated alkanes) is 1. The molecule has 8 nitrogen and oxygen atoms in total. The summed E-state index contributed by atoms with van der Waals surface area (Å²) in [5, 5.41) is 17.3. The van der Waals surface area contributed by atoms with Gasteiger partial charge in [-0.25, -0.2) is 4.79 Å². The maximum absolute atomic E-state index is 13.5. The van der Waals surface area contributed by atoms with Crippen LogP contribution in [0.5, 0.6) is 11.5 Å². The molecule has 3 aromatic rings. The molecule has 0 radical (unpaired) electrons. The van der Waals surface area contributed by atoms with Gasteiger partial charge in [0.05, 0.1) is 20.3 Å². The van der Waals surface area contributed by atoms with Gasteiger partial charge in [0.15, 0.2) is 0 Å². The number of methoxy groups -OCH3 is 1. The minimum absolute atomic E-state index is 0.163. The molecule has 1 aliphatic heterocycles. The normalized spacial score (nSPS) is 17.9. The zero-order valence-electron chi connectivity index (χ0n) is 24.0. The summed E-state index contributed by atoms with van der Waals surface area (Å²) in [6.45, 7) is 6.74. The first-order valence-corrected chi connectivity index (χ1v) is 14.3. The number of nitrogens with zero attached hydrogens (tertiary/aromatic N) is 1. The standard InChI is InChI=1S/C33H39N3O5/c1-32(2,18-8-7-11-28(38)36-19-21-41-22-20-36)33(35-31(39)34-24-12-14-25(40-3)15-13-24)29-26(16-17-27(37)30(29)33)23-9-5-4-6-10-23/h4-6,9-10,12-17,37H,7-8,11,18-22H2,1-3H3,(H2,34,35,39). The highest BCUT2D eigenvalue weighted by Crippen LogP contribution is 2.66. The van der Waals surface area contributed by atoms with Crippen LogP contribution in [0, 0.1) is 5.41 Å². The van der Waals surface area contributed by atoms with E-state index in [1.165, 1.54) is 0 Å². The number of hydrogen-bond donors (Lipinski definition) is 3. The van der Waals surface area contributed by atoms with Gasteiger partial charge in [-0.2, -0.15) is 0 Å². The third-order valence-corrected chi connectivity index (χ3v) is 8.43. The van der Waals surface area contributed by atoms with Gasteiger partial charge >= 0.3 is 6.03 Å². The van der Waals surface area contributed by atoms with Crippen molar-refractivity contribution in [1.82, 2.24) is 10.2 Å². The summed E-state index contributed by atoms with van der Waals surface area (Å²) in [4.78, 5) is 28.1. The van der Waals surface area contributed by atoms with Crippen LogP contribution in [0.4, 0.5) is 10.5 Å². The highest BCUT2D eigenvalue weighted by atomic mass is 16.5. The van der Waals surface area contributed by atoms with Crippen molar-refractivity contribution in [3.8, 4) is 22.6 Å². The van der Waals surface area contributed by atoms with Gasteiger partial charge in [0.2, 0.25) is 5.91 Å². The fraction of sp³-hybridized carbons (Fsp3) is 0.394. The van der Waals surface area contributed by atoms with Crippen molar-refractivity contribution in [1.29, 1.82) is 0 Å². The zero-order chi connectivity index (χ0) is 29.0. The summed E-state index contributed by atoms with van der Waals surface area (Å²) in [6, 6.07) is 20.4. The van der Waals surface area contributed by atoms with Crippen LogP contribution in [0.25, 0.3) is 11.1 Å². The van der Waals surface area contributed by atoms with E-state index in [9.17, 15) is 14.7 Å². The first-order valence-electron chi connectivity index (χ1n) is 14.3. The summed E-state index contributed by atoms with van der Waals surface area (Å²) in [5.41, 5.74) is 2.98. The summed E-state index contributed by atoms with van der Waals surface area (Å²) in [7, 11) is 1.60. The van der Waals surface area contributed by atoms with E-state index in [-0.39, 0.29) is 17.7 Å². The number of benzene rings is 3. The molecule has 1 saturated heterocycles. The molecule has 1 heterocycles. The van der Waals surface area contributed by atoms with E-state index in [1.54, 1.807) is 37.4 Å². The Labute approximate surface area is 241 Å². The van der Waals surface area contributed by atoms with Gasteiger partial charge in [-0.3, -0.25) is 4.79 Å². The molecule has 8 heteroatoms. The number of carbonyl (C=O) groups excluding carboxylic acids is 2. The lowest BCUT2D eigenvalue weighted by molar-refractivity contribution is -0.135. The predicted octanol–water partition coefficient (Wildman–Crippen LogP) is 5.89. The van der Waals surface area contributed by atoms with E-state index < -0.39 is 11.0 Å². The Morgan fingerprint density at radius 2 is 1.68 bits per heavy atom. The number of urea groups is 1. The van der Waals surface area contributed by atoms with Gasteiger partial charge in [0, 0.05) is 36.3 Å². The number of carbonyl (C=O) groups is 2. The summed E-state index contributed by atoms with van der Waals surface area (Å²) >= 11 is 0. The van der Waals surface area contributed by atoms with Crippen molar-refractivity contribution < 1.29 is 24.2 Å². The Kier molecular flexibility index (Phi) is 8.22. The average molecular weight is 558 g/mol. The Balaban J connectivity index is 1.37. The van der Waals surface area contributed by atoms with Gasteiger partial charge < -0.3 is 30.1 Å². The number of nitrogens with one attached hydrogen (secondary N) is 2. The number of fused-ring (bicyclic) bond motifs is 1. The molecule has 1 atom stereocenters. The SMILES string of the molecule is COc1ccc(NC(=O)NC2(C(C)(C)CCCCC(=O)N3CCOCC3)c3c(O)ccc(-c4ccccc4)c32)cc1. The number of morpholine rings is 1. The molecular weight excluding hydrogens is 518 g/mol. The lowest BCUT2D eigenvalue weighted by Gasteiger charge is -2.37. The van der Waals surface area contributed by atoms with Gasteiger partial charge in [-0.05, 0) is 59.7 Å². The number of phenolic OH excluding ortho intramolecular Hbond substituents is 1. The Morgan fingerprint density at radius 3 is 2.37 bits per heavy atom. The van der Waals surface area contributed by atoms with Crippen molar-refractivity contribution in [2.75, 3.05) is 38.7 Å². The lowest BCUT2D eigenvalue weighted by Crippen LogP contribution is -2.48. The largest absolute Gasteiger partial charge is 0.508 e. The number of ether oxygens (including phenoxy) is 2. The molecular formula is C33H39N3O5. The lowest BCUT2D eigenvalue weighted by atomic mass is 9.74. The highest BCUT2D eigenvalue weighted by molar-refractivity contribution is 5.94. The van der Waals surface area contributed by atoms with Crippen molar-refractivity contribution in [2.45, 2.75) is 45.1 Å². The van der Waals surface area contributed by atoms with Crippen LogP contribution in [-0.4, -0.2) is 55.4 Å². The number of rotatable bonds is 10. The van der Waals surface area contributed by atoms with E-state index >= 15 is 0 Å². The second kappa shape index (κ2) is 11.8. The molecule has 1 fully saturated rings. The monoisotopic (exact) mass is 557 g/mol. The zero-order valence-corrected chi connectivity index (χ0v) is 24.0. The molecule has 1 aliphatic carbocycles. The van der Waals surface area contributed by atoms with Crippen LogP contribution in [0.3, 0.4) is 0 Å². The van der Waals surface area contributed by atoms with Crippen LogP contribution in [0.15, 0.2) is 66.7 Å². The second-order valence-corrected chi connectivity index (χ2v) is 11.4. The van der Waals surface area contributed by atoms with Crippen molar-refractivity contribution >= 4 is 17.6 Å². The summed E-state index contributed by atoms with van der Waals surface area (Å²) < 4.78 is 10.6. The van der Waals surface area contributed by atoms with E-state index in [4.69, 9.17) is 9.47 Å². The Bertz CT molecular complexity index is 1380. The molecule has 3 aromatic carbocycles. The number of amides is 3. The molecule has 0 spiro atoms. The van der Waals surface area contributed by atoms with Crippen LogP contribution in [0.1, 0.15) is 50.7 Å². The first kappa shape index (κ1) is 28.5. The van der Waals surface area contributed by atoms with Gasteiger partial charge in [-0.1, -0.05) is 56.7 Å². The molecule has 3 amide bonds. The molecule has 0 aromatic heterocycles. The third kappa shape index (κ3) is 5.75. The summed E-state index contributed by atoms with van der Waals surface area (Å²) in [6.07, 6.45) is 2.79. The van der Waals surface area contributed by atoms with Gasteiger partial charge in [0.1, 0.15) is 17.0 Å². The van der Waals surface area contributed by atoms with Crippen LogP contribution >= 0.6 is 0 Å². The van der Waals surface area contributed by atoms with Crippen LogP contribution in [-0.2, 0) is 15.1 Å². The fourth-order valence-electron chi connectivity index (χ4n) is 6.10. The van der Waals surface area contributed by atoms with Crippen molar-refractivity contribution in [3.05, 3.63) is 77.9 Å². The fourth-order valence-corrected chi connectivity index (χ4v) is 6.10. The smallest absolute Gasteiger partial charge is 0.320 e. The first-order chi connectivity index (χ1) is 19.8. The van der Waals surface area contributed by atoms with Gasteiger partial charge in [-0.15, -0.1) is 0 Å². The molecule has 2 aliphatic rings. The average Bonchev–Trinajstić information content (AvgIpc) is 3.67. The van der Waals surface area contributed by atoms with E-state index in [0.29, 0.717) is 44.2 Å². The molecule has 41 heavy (non-hydrogen) atoms. The van der Waals surface area contributed by atoms with Crippen molar-refractivity contribution in [3.63, 3.8) is 0 Å². The molecule has 1 unspecified atom stereocenters. The minimum Gasteiger partial charge on any atom is -0.508 e. The van der Waals surface area contributed by atoms with E-state index in [1.807, 2.05) is 41.3 Å². The maximum atomic E-state index is 13.5. The third-order valence-electron chi connectivity index (χ3n) is 8.43. The minimum atomic E-state index is -0.878. The number of anilines is 1. The molecule has 0 bridgehead atoms. The molecule has 5 rings (SSSR count). The number of phenols is 1. The number of hydrogen-bond acceptors (Lipinski definition) is 5. The highest BCUT2D eigenvalue weighted by Gasteiger charge is 2.64. The van der Waals surface area contributed by atoms with Crippen LogP contribution < -0.4 is 15.4 Å². The quantitative estimate of drug-likeness (QED) is 0.270. The predicted molar refractivity (Wildman–Crippen MR) is 159 cm³/mol. The molecule has 0 saturated carbocycles. The summed E-state index contributed by atoms with van der Waals surface area (Å²) in [5.74, 6) is 1.03. The van der Waals surface area contributed by atoms with E-state index in [0.717, 1.165) is 41.5 Å². The molecule has 216 valence electrons. The van der Waals surface area contributed by atoms with Gasteiger partial charge in [0.25, 0.3) is 0 Å².